The summed E-state index contributed by atoms with van der Waals surface area (Å²) in [6.07, 6.45) is -0.424. The van der Waals surface area contributed by atoms with Gasteiger partial charge in [-0.1, -0.05) is 6.92 Å². The molecule has 0 spiro atoms. The predicted molar refractivity (Wildman–Crippen MR) is 107 cm³/mol. The van der Waals surface area contributed by atoms with Crippen molar-refractivity contribution in [2.45, 2.75) is 59.0 Å². The Morgan fingerprint density at radius 1 is 1.22 bits per heavy atom. The Hall–Kier alpha value is -1.98. The number of carbonyl (C=O) groups excluding carboxylic acids is 1. The number of nitrogens with zero attached hydrogens (tertiary/aromatic N) is 3. The van der Waals surface area contributed by atoms with E-state index in [1.54, 1.807) is 4.90 Å². The van der Waals surface area contributed by atoms with Crippen LogP contribution in [0, 0.1) is 5.92 Å². The van der Waals surface area contributed by atoms with Crippen molar-refractivity contribution >= 4 is 17.5 Å². The van der Waals surface area contributed by atoms with Crippen LogP contribution in [-0.4, -0.2) is 55.6 Å². The Balaban J connectivity index is 1.71. The highest BCUT2D eigenvalue weighted by atomic mass is 19.1. The van der Waals surface area contributed by atoms with Crippen molar-refractivity contribution in [3.63, 3.8) is 0 Å². The number of amides is 1. The Labute approximate surface area is 162 Å². The van der Waals surface area contributed by atoms with Crippen LogP contribution in [0.15, 0.2) is 18.2 Å². The molecule has 6 heteroatoms. The van der Waals surface area contributed by atoms with E-state index in [1.165, 1.54) is 5.56 Å². The Morgan fingerprint density at radius 3 is 2.56 bits per heavy atom. The SMILES string of the molecule is CC1Cc2cc(N3CCN(C(=O)OC(C)(C)C)C(C)C3)ccc2N(C)[C@H]1F. The van der Waals surface area contributed by atoms with Crippen molar-refractivity contribution in [1.29, 1.82) is 0 Å². The van der Waals surface area contributed by atoms with Gasteiger partial charge in [0.2, 0.25) is 0 Å². The molecule has 1 aromatic rings. The summed E-state index contributed by atoms with van der Waals surface area (Å²) in [4.78, 5) is 18.3. The van der Waals surface area contributed by atoms with Gasteiger partial charge in [-0.3, -0.25) is 0 Å². The monoisotopic (exact) mass is 377 g/mol. The van der Waals surface area contributed by atoms with E-state index in [4.69, 9.17) is 4.74 Å². The van der Waals surface area contributed by atoms with E-state index in [9.17, 15) is 9.18 Å². The summed E-state index contributed by atoms with van der Waals surface area (Å²) < 4.78 is 19.8. The quantitative estimate of drug-likeness (QED) is 0.692. The molecule has 2 aliphatic heterocycles. The lowest BCUT2D eigenvalue weighted by molar-refractivity contribution is 0.0159. The van der Waals surface area contributed by atoms with Gasteiger partial charge in [0.15, 0.2) is 6.30 Å². The van der Waals surface area contributed by atoms with Gasteiger partial charge in [-0.15, -0.1) is 0 Å². The average molecular weight is 378 g/mol. The van der Waals surface area contributed by atoms with Crippen molar-refractivity contribution in [3.05, 3.63) is 23.8 Å². The zero-order valence-corrected chi connectivity index (χ0v) is 17.3. The summed E-state index contributed by atoms with van der Waals surface area (Å²) in [5, 5.41) is 0. The molecule has 0 radical (unpaired) electrons. The number of benzene rings is 1. The summed E-state index contributed by atoms with van der Waals surface area (Å²) in [5.41, 5.74) is 2.83. The van der Waals surface area contributed by atoms with Crippen LogP contribution < -0.4 is 9.80 Å². The highest BCUT2D eigenvalue weighted by molar-refractivity contribution is 5.69. The second kappa shape index (κ2) is 7.21. The molecule has 3 atom stereocenters. The Bertz CT molecular complexity index is 703. The molecular formula is C21H32FN3O2. The first-order valence-corrected chi connectivity index (χ1v) is 9.81. The Kier molecular flexibility index (Phi) is 5.28. The van der Waals surface area contributed by atoms with Crippen molar-refractivity contribution in [3.8, 4) is 0 Å². The van der Waals surface area contributed by atoms with Crippen LogP contribution in [0.2, 0.25) is 0 Å². The van der Waals surface area contributed by atoms with Gasteiger partial charge >= 0.3 is 6.09 Å². The third-order valence-corrected chi connectivity index (χ3v) is 5.45. The van der Waals surface area contributed by atoms with Crippen LogP contribution in [0.1, 0.15) is 40.2 Å². The summed E-state index contributed by atoms with van der Waals surface area (Å²) in [6.45, 7) is 11.8. The van der Waals surface area contributed by atoms with Gasteiger partial charge in [0, 0.05) is 50.0 Å². The molecule has 2 heterocycles. The van der Waals surface area contributed by atoms with Crippen LogP contribution in [0.4, 0.5) is 20.6 Å². The molecule has 2 aliphatic rings. The fourth-order valence-corrected chi connectivity index (χ4v) is 4.02. The largest absolute Gasteiger partial charge is 0.444 e. The van der Waals surface area contributed by atoms with E-state index in [0.717, 1.165) is 30.9 Å². The molecular weight excluding hydrogens is 345 g/mol. The maximum Gasteiger partial charge on any atom is 0.410 e. The highest BCUT2D eigenvalue weighted by Crippen LogP contribution is 2.36. The van der Waals surface area contributed by atoms with Gasteiger partial charge in [0.05, 0.1) is 0 Å². The number of rotatable bonds is 1. The number of carbonyl (C=O) groups is 1. The van der Waals surface area contributed by atoms with Crippen molar-refractivity contribution in [2.75, 3.05) is 36.5 Å². The third-order valence-electron chi connectivity index (χ3n) is 5.45. The lowest BCUT2D eigenvalue weighted by atomic mass is 9.92. The number of halogens is 1. The van der Waals surface area contributed by atoms with Gasteiger partial charge in [-0.05, 0) is 57.9 Å². The standard InChI is InChI=1S/C21H32FN3O2/c1-14-11-16-12-17(7-8-18(16)23(6)19(14)22)24-9-10-25(15(2)13-24)20(26)27-21(3,4)5/h7-8,12,14-15,19H,9-11,13H2,1-6H3/t14?,15?,19-/m1/s1. The van der Waals surface area contributed by atoms with Crippen molar-refractivity contribution < 1.29 is 13.9 Å². The van der Waals surface area contributed by atoms with E-state index < -0.39 is 11.9 Å². The second-order valence-corrected chi connectivity index (χ2v) is 8.95. The summed E-state index contributed by atoms with van der Waals surface area (Å²) in [5.74, 6) is -0.0133. The molecule has 150 valence electrons. The molecule has 0 aliphatic carbocycles. The molecule has 0 N–H and O–H groups in total. The molecule has 1 saturated heterocycles. The molecule has 5 nitrogen and oxygen atoms in total. The fraction of sp³-hybridized carbons (Fsp3) is 0.667. The third kappa shape index (κ3) is 4.14. The first kappa shape index (κ1) is 19.8. The molecule has 2 unspecified atom stereocenters. The first-order valence-electron chi connectivity index (χ1n) is 9.81. The first-order chi connectivity index (χ1) is 12.6. The predicted octanol–water partition coefficient (Wildman–Crippen LogP) is 4.06. The number of hydrogen-bond donors (Lipinski definition) is 0. The van der Waals surface area contributed by atoms with Crippen molar-refractivity contribution in [1.82, 2.24) is 4.90 Å². The van der Waals surface area contributed by atoms with Gasteiger partial charge in [0.1, 0.15) is 5.60 Å². The molecule has 0 bridgehead atoms. The molecule has 0 saturated carbocycles. The van der Waals surface area contributed by atoms with E-state index in [2.05, 4.69) is 24.0 Å². The van der Waals surface area contributed by atoms with Gasteiger partial charge in [0.25, 0.3) is 0 Å². The van der Waals surface area contributed by atoms with Crippen molar-refractivity contribution in [2.24, 2.45) is 5.92 Å². The zero-order chi connectivity index (χ0) is 19.9. The van der Waals surface area contributed by atoms with Gasteiger partial charge in [-0.25, -0.2) is 9.18 Å². The van der Waals surface area contributed by atoms with Crippen LogP contribution >= 0.6 is 0 Å². The number of anilines is 2. The average Bonchev–Trinajstić information content (AvgIpc) is 2.57. The molecule has 0 aromatic heterocycles. The molecule has 1 aromatic carbocycles. The number of fused-ring (bicyclic) bond motifs is 1. The van der Waals surface area contributed by atoms with E-state index in [0.29, 0.717) is 6.54 Å². The van der Waals surface area contributed by atoms with Gasteiger partial charge < -0.3 is 19.4 Å². The second-order valence-electron chi connectivity index (χ2n) is 8.95. The number of alkyl halides is 1. The summed E-state index contributed by atoms with van der Waals surface area (Å²) in [6, 6.07) is 6.34. The van der Waals surface area contributed by atoms with E-state index >= 15 is 0 Å². The zero-order valence-electron chi connectivity index (χ0n) is 17.3. The van der Waals surface area contributed by atoms with Crippen LogP contribution in [0.25, 0.3) is 0 Å². The number of piperazine rings is 1. The lowest BCUT2D eigenvalue weighted by Gasteiger charge is -2.42. The van der Waals surface area contributed by atoms with Crippen LogP contribution in [0.3, 0.4) is 0 Å². The minimum Gasteiger partial charge on any atom is -0.444 e. The summed E-state index contributed by atoms with van der Waals surface area (Å²) >= 11 is 0. The maximum atomic E-state index is 14.3. The lowest BCUT2D eigenvalue weighted by Crippen LogP contribution is -2.55. The van der Waals surface area contributed by atoms with Crippen LogP contribution in [-0.2, 0) is 11.2 Å². The topological polar surface area (TPSA) is 36.0 Å². The highest BCUT2D eigenvalue weighted by Gasteiger charge is 2.32. The maximum absolute atomic E-state index is 14.3. The smallest absolute Gasteiger partial charge is 0.410 e. The summed E-state index contributed by atoms with van der Waals surface area (Å²) in [7, 11) is 1.82. The van der Waals surface area contributed by atoms with Gasteiger partial charge in [-0.2, -0.15) is 0 Å². The minimum atomic E-state index is -0.930. The normalized spacial score (nSPS) is 26.0. The number of ether oxygens (including phenoxy) is 1. The molecule has 3 rings (SSSR count). The van der Waals surface area contributed by atoms with E-state index in [-0.39, 0.29) is 18.1 Å². The number of hydrogen-bond acceptors (Lipinski definition) is 4. The minimum absolute atomic E-state index is 0.0133. The Morgan fingerprint density at radius 2 is 1.93 bits per heavy atom. The van der Waals surface area contributed by atoms with Crippen LogP contribution in [0.5, 0.6) is 0 Å². The van der Waals surface area contributed by atoms with E-state index in [1.807, 2.05) is 45.7 Å². The molecule has 1 fully saturated rings. The fourth-order valence-electron chi connectivity index (χ4n) is 4.02. The molecule has 1 amide bonds. The molecule has 27 heavy (non-hydrogen) atoms.